The third-order valence-electron chi connectivity index (χ3n) is 4.23. The van der Waals surface area contributed by atoms with Gasteiger partial charge < -0.3 is 10.4 Å². The molecule has 1 amide bonds. The number of carbonyl (C=O) groups is 1. The van der Waals surface area contributed by atoms with Gasteiger partial charge in [0.15, 0.2) is 0 Å². The maximum Gasteiger partial charge on any atom is 0.229 e. The number of aromatic nitrogens is 2. The van der Waals surface area contributed by atoms with Crippen molar-refractivity contribution in [1.82, 2.24) is 9.78 Å². The first-order valence-corrected chi connectivity index (χ1v) is 8.67. The summed E-state index contributed by atoms with van der Waals surface area (Å²) in [4.78, 5) is 12.4. The Hall–Kier alpha value is -2.92. The summed E-state index contributed by atoms with van der Waals surface area (Å²) in [5.41, 5.74) is 5.00. The van der Waals surface area contributed by atoms with Crippen molar-refractivity contribution < 1.29 is 9.90 Å². The molecule has 0 aliphatic carbocycles. The van der Waals surface area contributed by atoms with Crippen LogP contribution in [0.4, 0.5) is 5.82 Å². The predicted octanol–water partition coefficient (Wildman–Crippen LogP) is 3.34. The van der Waals surface area contributed by atoms with Crippen LogP contribution < -0.4 is 5.32 Å². The molecule has 0 spiro atoms. The zero-order chi connectivity index (χ0) is 18.5. The van der Waals surface area contributed by atoms with E-state index in [1.165, 1.54) is 0 Å². The van der Waals surface area contributed by atoms with E-state index >= 15 is 0 Å². The number of rotatable bonds is 6. The van der Waals surface area contributed by atoms with Gasteiger partial charge in [0.2, 0.25) is 5.91 Å². The van der Waals surface area contributed by atoms with Gasteiger partial charge in [0.25, 0.3) is 0 Å². The summed E-state index contributed by atoms with van der Waals surface area (Å²) in [6, 6.07) is 17.7. The minimum absolute atomic E-state index is 0.0460. The molecule has 134 valence electrons. The summed E-state index contributed by atoms with van der Waals surface area (Å²) in [7, 11) is 0. The standard InChI is InChI=1S/C21H23N3O2/c1-15-6-5-8-17(12-15)13-21(26)22-20-14-19(23-24(20)10-11-25)18-9-4-3-7-16(18)2/h3-9,12,14,25H,10-11,13H2,1-2H3,(H,22,26). The first kappa shape index (κ1) is 17.9. The molecule has 0 radical (unpaired) electrons. The zero-order valence-corrected chi connectivity index (χ0v) is 15.1. The van der Waals surface area contributed by atoms with Gasteiger partial charge in [0.1, 0.15) is 5.82 Å². The molecule has 1 aromatic heterocycles. The Morgan fingerprint density at radius 3 is 2.65 bits per heavy atom. The number of anilines is 1. The van der Waals surface area contributed by atoms with Gasteiger partial charge in [-0.25, -0.2) is 4.68 Å². The third kappa shape index (κ3) is 4.18. The van der Waals surface area contributed by atoms with E-state index in [1.807, 2.05) is 68.4 Å². The molecule has 0 atom stereocenters. The van der Waals surface area contributed by atoms with E-state index in [9.17, 15) is 9.90 Å². The molecule has 0 fully saturated rings. The van der Waals surface area contributed by atoms with Crippen LogP contribution in [0.5, 0.6) is 0 Å². The van der Waals surface area contributed by atoms with Gasteiger partial charge in [-0.15, -0.1) is 0 Å². The van der Waals surface area contributed by atoms with Crippen molar-refractivity contribution >= 4 is 11.7 Å². The van der Waals surface area contributed by atoms with Crippen molar-refractivity contribution in [1.29, 1.82) is 0 Å². The second-order valence-electron chi connectivity index (χ2n) is 6.39. The Labute approximate surface area is 153 Å². The number of aliphatic hydroxyl groups is 1. The summed E-state index contributed by atoms with van der Waals surface area (Å²) < 4.78 is 1.63. The maximum absolute atomic E-state index is 12.4. The third-order valence-corrected chi connectivity index (χ3v) is 4.23. The van der Waals surface area contributed by atoms with Gasteiger partial charge in [-0.05, 0) is 25.0 Å². The average molecular weight is 349 g/mol. The highest BCUT2D eigenvalue weighted by atomic mass is 16.3. The van der Waals surface area contributed by atoms with Crippen molar-refractivity contribution in [3.8, 4) is 11.3 Å². The summed E-state index contributed by atoms with van der Waals surface area (Å²) in [6.07, 6.45) is 0.297. The van der Waals surface area contributed by atoms with E-state index in [1.54, 1.807) is 4.68 Å². The van der Waals surface area contributed by atoms with Gasteiger partial charge in [0, 0.05) is 11.6 Å². The highest BCUT2D eigenvalue weighted by Crippen LogP contribution is 2.25. The van der Waals surface area contributed by atoms with Crippen LogP contribution in [-0.4, -0.2) is 27.4 Å². The summed E-state index contributed by atoms with van der Waals surface area (Å²) in [5, 5.41) is 16.8. The van der Waals surface area contributed by atoms with Crippen LogP contribution in [0, 0.1) is 13.8 Å². The molecule has 5 heteroatoms. The topological polar surface area (TPSA) is 67.2 Å². The molecule has 0 aliphatic heterocycles. The molecule has 26 heavy (non-hydrogen) atoms. The Morgan fingerprint density at radius 2 is 1.92 bits per heavy atom. The summed E-state index contributed by atoms with van der Waals surface area (Å²) >= 11 is 0. The van der Waals surface area contributed by atoms with Gasteiger partial charge in [-0.3, -0.25) is 4.79 Å². The van der Waals surface area contributed by atoms with Crippen LogP contribution in [0.15, 0.2) is 54.6 Å². The fourth-order valence-electron chi connectivity index (χ4n) is 2.97. The highest BCUT2D eigenvalue weighted by Gasteiger charge is 2.13. The van der Waals surface area contributed by atoms with E-state index in [0.29, 0.717) is 18.8 Å². The smallest absolute Gasteiger partial charge is 0.229 e. The highest BCUT2D eigenvalue weighted by molar-refractivity contribution is 5.92. The Bertz CT molecular complexity index is 915. The number of aryl methyl sites for hydroxylation is 2. The Kier molecular flexibility index (Phi) is 5.49. The van der Waals surface area contributed by atoms with Crippen LogP contribution in [0.1, 0.15) is 16.7 Å². The maximum atomic E-state index is 12.4. The van der Waals surface area contributed by atoms with E-state index in [4.69, 9.17) is 0 Å². The molecule has 0 unspecified atom stereocenters. The van der Waals surface area contributed by atoms with Crippen molar-refractivity contribution in [2.45, 2.75) is 26.8 Å². The lowest BCUT2D eigenvalue weighted by Crippen LogP contribution is -2.18. The second-order valence-corrected chi connectivity index (χ2v) is 6.39. The number of nitrogens with zero attached hydrogens (tertiary/aromatic N) is 2. The molecule has 0 saturated carbocycles. The van der Waals surface area contributed by atoms with Crippen molar-refractivity contribution in [2.24, 2.45) is 0 Å². The minimum Gasteiger partial charge on any atom is -0.394 e. The van der Waals surface area contributed by atoms with Gasteiger partial charge in [-0.1, -0.05) is 54.1 Å². The molecular weight excluding hydrogens is 326 g/mol. The number of benzene rings is 2. The number of aliphatic hydroxyl groups excluding tert-OH is 1. The van der Waals surface area contributed by atoms with Crippen LogP contribution in [-0.2, 0) is 17.8 Å². The van der Waals surface area contributed by atoms with Gasteiger partial charge in [0.05, 0.1) is 25.3 Å². The minimum atomic E-state index is -0.106. The van der Waals surface area contributed by atoms with E-state index < -0.39 is 0 Å². The molecule has 3 rings (SSSR count). The average Bonchev–Trinajstić information content (AvgIpc) is 2.98. The first-order valence-electron chi connectivity index (χ1n) is 8.67. The van der Waals surface area contributed by atoms with Crippen molar-refractivity contribution in [2.75, 3.05) is 11.9 Å². The van der Waals surface area contributed by atoms with Crippen LogP contribution >= 0.6 is 0 Å². The van der Waals surface area contributed by atoms with Crippen LogP contribution in [0.25, 0.3) is 11.3 Å². The number of nitrogens with one attached hydrogen (secondary N) is 1. The number of hydrogen-bond acceptors (Lipinski definition) is 3. The monoisotopic (exact) mass is 349 g/mol. The molecular formula is C21H23N3O2. The predicted molar refractivity (Wildman–Crippen MR) is 103 cm³/mol. The van der Waals surface area contributed by atoms with E-state index in [0.717, 1.165) is 27.9 Å². The molecule has 0 bridgehead atoms. The summed E-state index contributed by atoms with van der Waals surface area (Å²) in [5.74, 6) is 0.487. The van der Waals surface area contributed by atoms with Crippen LogP contribution in [0.3, 0.4) is 0 Å². The SMILES string of the molecule is Cc1cccc(CC(=O)Nc2cc(-c3ccccc3C)nn2CCO)c1. The quantitative estimate of drug-likeness (QED) is 0.717. The summed E-state index contributed by atoms with van der Waals surface area (Å²) in [6.45, 7) is 4.31. The van der Waals surface area contributed by atoms with Crippen molar-refractivity contribution in [3.63, 3.8) is 0 Å². The fourth-order valence-corrected chi connectivity index (χ4v) is 2.97. The first-order chi connectivity index (χ1) is 12.6. The Morgan fingerprint density at radius 1 is 1.12 bits per heavy atom. The molecule has 5 nitrogen and oxygen atoms in total. The van der Waals surface area contributed by atoms with Gasteiger partial charge in [-0.2, -0.15) is 5.10 Å². The zero-order valence-electron chi connectivity index (χ0n) is 15.1. The number of amides is 1. The Balaban J connectivity index is 1.82. The van der Waals surface area contributed by atoms with Gasteiger partial charge >= 0.3 is 0 Å². The largest absolute Gasteiger partial charge is 0.394 e. The van der Waals surface area contributed by atoms with Crippen molar-refractivity contribution in [3.05, 3.63) is 71.3 Å². The number of carbonyl (C=O) groups excluding carboxylic acids is 1. The number of hydrogen-bond donors (Lipinski definition) is 2. The lowest BCUT2D eigenvalue weighted by Gasteiger charge is -2.08. The molecule has 0 aliphatic rings. The normalized spacial score (nSPS) is 10.7. The lowest BCUT2D eigenvalue weighted by atomic mass is 10.1. The van der Waals surface area contributed by atoms with E-state index in [2.05, 4.69) is 10.4 Å². The molecule has 2 aromatic carbocycles. The van der Waals surface area contributed by atoms with Crippen LogP contribution in [0.2, 0.25) is 0 Å². The molecule has 1 heterocycles. The molecule has 3 aromatic rings. The molecule has 0 saturated heterocycles. The second kappa shape index (κ2) is 7.97. The lowest BCUT2D eigenvalue weighted by molar-refractivity contribution is -0.115. The molecule has 2 N–H and O–H groups in total. The van der Waals surface area contributed by atoms with E-state index in [-0.39, 0.29) is 12.5 Å². The fraction of sp³-hybridized carbons (Fsp3) is 0.238.